The maximum atomic E-state index is 14.1. The van der Waals surface area contributed by atoms with Gasteiger partial charge >= 0.3 is 0 Å². The zero-order valence-corrected chi connectivity index (χ0v) is 13.2. The summed E-state index contributed by atoms with van der Waals surface area (Å²) in [7, 11) is 0. The molecule has 0 radical (unpaired) electrons. The van der Waals surface area contributed by atoms with Crippen LogP contribution in [-0.2, 0) is 6.42 Å². The third-order valence-electron chi connectivity index (χ3n) is 3.22. The van der Waals surface area contributed by atoms with Crippen LogP contribution in [0, 0.1) is 19.7 Å². The monoisotopic (exact) mass is 307 g/mol. The highest BCUT2D eigenvalue weighted by atomic mass is 35.5. The molecule has 2 N–H and O–H groups in total. The first kappa shape index (κ1) is 15.8. The minimum atomic E-state index is -0.390. The second kappa shape index (κ2) is 6.46. The highest BCUT2D eigenvalue weighted by Gasteiger charge is 2.13. The smallest absolute Gasteiger partial charge is 0.166 e. The van der Waals surface area contributed by atoms with Gasteiger partial charge in [-0.3, -0.25) is 0 Å². The van der Waals surface area contributed by atoms with E-state index in [2.05, 4.69) is 0 Å². The summed E-state index contributed by atoms with van der Waals surface area (Å²) in [5, 5.41) is 0.701. The molecule has 2 aromatic rings. The first-order chi connectivity index (χ1) is 9.88. The van der Waals surface area contributed by atoms with Crippen LogP contribution in [0.3, 0.4) is 0 Å². The van der Waals surface area contributed by atoms with Crippen LogP contribution in [0.15, 0.2) is 30.3 Å². The predicted octanol–water partition coefficient (Wildman–Crippen LogP) is 4.78. The van der Waals surface area contributed by atoms with E-state index in [1.807, 2.05) is 26.8 Å². The standard InChI is InChI=1S/C17H19ClFNO/c1-10-7-14(8-11(2)16(10)18)21-17-13(9-12(3)20)5-4-6-15(17)19/h4-8,12H,9,20H2,1-3H3. The topological polar surface area (TPSA) is 35.2 Å². The Balaban J connectivity index is 2.39. The minimum absolute atomic E-state index is 0.0668. The van der Waals surface area contributed by atoms with Crippen molar-refractivity contribution >= 4 is 11.6 Å². The largest absolute Gasteiger partial charge is 0.454 e. The number of nitrogens with two attached hydrogens (primary N) is 1. The Morgan fingerprint density at radius 3 is 2.43 bits per heavy atom. The molecule has 0 aliphatic rings. The number of hydrogen-bond acceptors (Lipinski definition) is 2. The van der Waals surface area contributed by atoms with Gasteiger partial charge in [-0.2, -0.15) is 0 Å². The summed E-state index contributed by atoms with van der Waals surface area (Å²) in [5.41, 5.74) is 8.37. The van der Waals surface area contributed by atoms with Gasteiger partial charge in [0.05, 0.1) is 0 Å². The quantitative estimate of drug-likeness (QED) is 0.882. The van der Waals surface area contributed by atoms with Gasteiger partial charge in [0.2, 0.25) is 0 Å². The zero-order chi connectivity index (χ0) is 15.6. The van der Waals surface area contributed by atoms with E-state index in [4.69, 9.17) is 22.1 Å². The van der Waals surface area contributed by atoms with Crippen molar-refractivity contribution in [2.75, 3.05) is 0 Å². The van der Waals surface area contributed by atoms with Crippen molar-refractivity contribution in [1.82, 2.24) is 0 Å². The highest BCUT2D eigenvalue weighted by Crippen LogP contribution is 2.32. The molecule has 0 heterocycles. The molecular formula is C17H19ClFNO. The average molecular weight is 308 g/mol. The molecule has 2 rings (SSSR count). The lowest BCUT2D eigenvalue weighted by atomic mass is 10.1. The van der Waals surface area contributed by atoms with Gasteiger partial charge in [-0.05, 0) is 62.1 Å². The van der Waals surface area contributed by atoms with Crippen LogP contribution < -0.4 is 10.5 Å². The third kappa shape index (κ3) is 3.74. The van der Waals surface area contributed by atoms with Crippen molar-refractivity contribution < 1.29 is 9.13 Å². The maximum Gasteiger partial charge on any atom is 0.166 e. The molecule has 2 nitrogen and oxygen atoms in total. The van der Waals surface area contributed by atoms with Crippen LogP contribution in [0.2, 0.25) is 5.02 Å². The summed E-state index contributed by atoms with van der Waals surface area (Å²) in [6, 6.07) is 8.42. The number of para-hydroxylation sites is 1. The Kier molecular flexibility index (Phi) is 4.86. The fraction of sp³-hybridized carbons (Fsp3) is 0.294. The van der Waals surface area contributed by atoms with Crippen LogP contribution in [-0.4, -0.2) is 6.04 Å². The van der Waals surface area contributed by atoms with Gasteiger partial charge in [-0.25, -0.2) is 4.39 Å². The van der Waals surface area contributed by atoms with Crippen molar-refractivity contribution in [1.29, 1.82) is 0 Å². The van der Waals surface area contributed by atoms with E-state index < -0.39 is 5.82 Å². The van der Waals surface area contributed by atoms with E-state index in [1.165, 1.54) is 6.07 Å². The fourth-order valence-electron chi connectivity index (χ4n) is 2.26. The summed E-state index contributed by atoms with van der Waals surface area (Å²) < 4.78 is 19.8. The lowest BCUT2D eigenvalue weighted by Crippen LogP contribution is -2.18. The molecule has 0 fully saturated rings. The molecule has 0 aromatic heterocycles. The van der Waals surface area contributed by atoms with E-state index in [-0.39, 0.29) is 11.8 Å². The molecule has 0 spiro atoms. The van der Waals surface area contributed by atoms with Gasteiger partial charge < -0.3 is 10.5 Å². The Morgan fingerprint density at radius 2 is 1.86 bits per heavy atom. The highest BCUT2D eigenvalue weighted by molar-refractivity contribution is 6.32. The van der Waals surface area contributed by atoms with Gasteiger partial charge in [0.25, 0.3) is 0 Å². The summed E-state index contributed by atoms with van der Waals surface area (Å²) >= 11 is 6.14. The van der Waals surface area contributed by atoms with Crippen molar-refractivity contribution in [2.45, 2.75) is 33.2 Å². The minimum Gasteiger partial charge on any atom is -0.454 e. The SMILES string of the molecule is Cc1cc(Oc2c(F)cccc2CC(C)N)cc(C)c1Cl. The van der Waals surface area contributed by atoms with Gasteiger partial charge in [0, 0.05) is 11.1 Å². The molecule has 0 aliphatic heterocycles. The van der Waals surface area contributed by atoms with Crippen LogP contribution in [0.25, 0.3) is 0 Å². The lowest BCUT2D eigenvalue weighted by Gasteiger charge is -2.15. The Bertz CT molecular complexity index is 632. The molecule has 0 aliphatic carbocycles. The van der Waals surface area contributed by atoms with Crippen LogP contribution in [0.5, 0.6) is 11.5 Å². The van der Waals surface area contributed by atoms with Gasteiger partial charge in [-0.15, -0.1) is 0 Å². The third-order valence-corrected chi connectivity index (χ3v) is 3.82. The van der Waals surface area contributed by atoms with Crippen molar-refractivity contribution in [3.05, 3.63) is 57.9 Å². The first-order valence-electron chi connectivity index (χ1n) is 6.86. The molecule has 4 heteroatoms. The van der Waals surface area contributed by atoms with Crippen LogP contribution in [0.4, 0.5) is 4.39 Å². The Morgan fingerprint density at radius 1 is 1.24 bits per heavy atom. The lowest BCUT2D eigenvalue weighted by molar-refractivity contribution is 0.434. The van der Waals surface area contributed by atoms with Crippen molar-refractivity contribution in [3.8, 4) is 11.5 Å². The summed E-state index contributed by atoms with van der Waals surface area (Å²) in [4.78, 5) is 0. The number of aryl methyl sites for hydroxylation is 2. The van der Waals surface area contributed by atoms with E-state index in [0.717, 1.165) is 16.7 Å². The molecule has 2 aromatic carbocycles. The molecule has 0 amide bonds. The van der Waals surface area contributed by atoms with Gasteiger partial charge in [-0.1, -0.05) is 23.7 Å². The molecule has 0 saturated heterocycles. The molecular weight excluding hydrogens is 289 g/mol. The molecule has 112 valence electrons. The number of rotatable bonds is 4. The maximum absolute atomic E-state index is 14.1. The Labute approximate surface area is 129 Å². The summed E-state index contributed by atoms with van der Waals surface area (Å²) in [6.45, 7) is 5.67. The number of ether oxygens (including phenoxy) is 1. The van der Waals surface area contributed by atoms with Crippen molar-refractivity contribution in [3.63, 3.8) is 0 Å². The van der Waals surface area contributed by atoms with E-state index >= 15 is 0 Å². The predicted molar refractivity (Wildman–Crippen MR) is 84.8 cm³/mol. The normalized spacial score (nSPS) is 12.3. The molecule has 0 saturated carbocycles. The second-order valence-corrected chi connectivity index (χ2v) is 5.76. The van der Waals surface area contributed by atoms with E-state index in [0.29, 0.717) is 17.2 Å². The second-order valence-electron chi connectivity index (χ2n) is 5.38. The molecule has 0 bridgehead atoms. The average Bonchev–Trinajstić information content (AvgIpc) is 2.39. The van der Waals surface area contributed by atoms with Gasteiger partial charge in [0.15, 0.2) is 11.6 Å². The van der Waals surface area contributed by atoms with E-state index in [1.54, 1.807) is 18.2 Å². The summed E-state index contributed by atoms with van der Waals surface area (Å²) in [5.74, 6) is 0.416. The molecule has 21 heavy (non-hydrogen) atoms. The van der Waals surface area contributed by atoms with Gasteiger partial charge in [0.1, 0.15) is 5.75 Å². The Hall–Kier alpha value is -1.58. The number of hydrogen-bond donors (Lipinski definition) is 1. The first-order valence-corrected chi connectivity index (χ1v) is 7.24. The van der Waals surface area contributed by atoms with Crippen LogP contribution >= 0.6 is 11.6 Å². The van der Waals surface area contributed by atoms with Crippen molar-refractivity contribution in [2.24, 2.45) is 5.73 Å². The molecule has 1 unspecified atom stereocenters. The number of benzene rings is 2. The molecule has 1 atom stereocenters. The number of halogens is 2. The zero-order valence-electron chi connectivity index (χ0n) is 12.4. The van der Waals surface area contributed by atoms with Crippen LogP contribution in [0.1, 0.15) is 23.6 Å². The fourth-order valence-corrected chi connectivity index (χ4v) is 2.37. The summed E-state index contributed by atoms with van der Waals surface area (Å²) in [6.07, 6.45) is 0.554. The van der Waals surface area contributed by atoms with E-state index in [9.17, 15) is 4.39 Å².